The standard InChI is InChI=1S/C17H15N3O2S/c1-2-22-11-7-5-10(6-8-11)14-13-15(12-4-3-9-23-12)19-20-16(13)17(21)18-14/h3-9,14H,2H2,1H3,(H,18,21)(H,19,20)/t14-/m0/s1. The SMILES string of the molecule is CCOc1ccc([C@@H]2NC(=O)c3n[nH]c(-c4cccs4)c32)cc1. The number of aromatic nitrogens is 2. The number of hydrogen-bond acceptors (Lipinski definition) is 4. The lowest BCUT2D eigenvalue weighted by molar-refractivity contribution is 0.0955. The van der Waals surface area contributed by atoms with Crippen LogP contribution in [-0.4, -0.2) is 22.7 Å². The van der Waals surface area contributed by atoms with Crippen molar-refractivity contribution in [1.82, 2.24) is 15.5 Å². The highest BCUT2D eigenvalue weighted by atomic mass is 32.1. The van der Waals surface area contributed by atoms with Crippen molar-refractivity contribution in [1.29, 1.82) is 0 Å². The maximum Gasteiger partial charge on any atom is 0.272 e. The van der Waals surface area contributed by atoms with E-state index in [4.69, 9.17) is 4.74 Å². The first kappa shape index (κ1) is 14.0. The average molecular weight is 325 g/mol. The fraction of sp³-hybridized carbons (Fsp3) is 0.176. The van der Waals surface area contributed by atoms with E-state index in [1.54, 1.807) is 11.3 Å². The summed E-state index contributed by atoms with van der Waals surface area (Å²) in [7, 11) is 0. The third-order valence-electron chi connectivity index (χ3n) is 3.88. The van der Waals surface area contributed by atoms with Crippen LogP contribution in [0.2, 0.25) is 0 Å². The number of amides is 1. The number of thiophene rings is 1. The minimum atomic E-state index is -0.191. The number of carbonyl (C=O) groups excluding carboxylic acids is 1. The van der Waals surface area contributed by atoms with Crippen molar-refractivity contribution < 1.29 is 9.53 Å². The van der Waals surface area contributed by atoms with Crippen LogP contribution in [0.1, 0.15) is 34.6 Å². The third-order valence-corrected chi connectivity index (χ3v) is 4.76. The Labute approximate surface area is 137 Å². The summed E-state index contributed by atoms with van der Waals surface area (Å²) in [6.07, 6.45) is 0. The number of rotatable bonds is 4. The molecule has 116 valence electrons. The van der Waals surface area contributed by atoms with Gasteiger partial charge in [-0.1, -0.05) is 18.2 Å². The number of ether oxygens (including phenoxy) is 1. The first-order valence-electron chi connectivity index (χ1n) is 7.43. The molecule has 5 nitrogen and oxygen atoms in total. The van der Waals surface area contributed by atoms with E-state index >= 15 is 0 Å². The molecule has 4 rings (SSSR count). The zero-order valence-electron chi connectivity index (χ0n) is 12.5. The van der Waals surface area contributed by atoms with Gasteiger partial charge in [0.1, 0.15) is 5.75 Å². The van der Waals surface area contributed by atoms with Gasteiger partial charge in [-0.3, -0.25) is 9.89 Å². The molecule has 1 amide bonds. The van der Waals surface area contributed by atoms with Gasteiger partial charge in [-0.05, 0) is 36.1 Å². The Morgan fingerprint density at radius 3 is 2.78 bits per heavy atom. The highest BCUT2D eigenvalue weighted by Crippen LogP contribution is 2.38. The molecule has 0 saturated carbocycles. The molecule has 2 aromatic heterocycles. The first-order valence-corrected chi connectivity index (χ1v) is 8.31. The zero-order chi connectivity index (χ0) is 15.8. The summed E-state index contributed by atoms with van der Waals surface area (Å²) >= 11 is 1.62. The summed E-state index contributed by atoms with van der Waals surface area (Å²) in [4.78, 5) is 13.3. The quantitative estimate of drug-likeness (QED) is 0.773. The lowest BCUT2D eigenvalue weighted by Gasteiger charge is -2.14. The number of H-pyrrole nitrogens is 1. The van der Waals surface area contributed by atoms with Crippen LogP contribution in [0.25, 0.3) is 10.6 Å². The monoisotopic (exact) mass is 325 g/mol. The van der Waals surface area contributed by atoms with Crippen molar-refractivity contribution in [2.45, 2.75) is 13.0 Å². The molecular formula is C17H15N3O2S. The van der Waals surface area contributed by atoms with E-state index in [1.807, 2.05) is 48.7 Å². The van der Waals surface area contributed by atoms with E-state index in [0.717, 1.165) is 27.4 Å². The smallest absolute Gasteiger partial charge is 0.272 e. The van der Waals surface area contributed by atoms with Crippen molar-refractivity contribution in [3.05, 3.63) is 58.6 Å². The largest absolute Gasteiger partial charge is 0.494 e. The Kier molecular flexibility index (Phi) is 3.38. The molecule has 6 heteroatoms. The van der Waals surface area contributed by atoms with Crippen molar-refractivity contribution in [3.8, 4) is 16.3 Å². The fourth-order valence-corrected chi connectivity index (χ4v) is 3.59. The normalized spacial score (nSPS) is 16.2. The molecule has 3 heterocycles. The molecule has 0 bridgehead atoms. The van der Waals surface area contributed by atoms with Gasteiger partial charge in [-0.25, -0.2) is 0 Å². The van der Waals surface area contributed by atoms with Gasteiger partial charge < -0.3 is 10.1 Å². The third kappa shape index (κ3) is 2.31. The Bertz CT molecular complexity index is 837. The van der Waals surface area contributed by atoms with Gasteiger partial charge in [0.05, 0.1) is 23.2 Å². The molecule has 3 aromatic rings. The summed E-state index contributed by atoms with van der Waals surface area (Å²) in [5.41, 5.74) is 3.32. The maximum absolute atomic E-state index is 12.2. The molecule has 0 spiro atoms. The van der Waals surface area contributed by atoms with Crippen LogP contribution in [-0.2, 0) is 0 Å². The maximum atomic E-state index is 12.2. The minimum Gasteiger partial charge on any atom is -0.494 e. The zero-order valence-corrected chi connectivity index (χ0v) is 13.3. The number of benzene rings is 1. The summed E-state index contributed by atoms with van der Waals surface area (Å²) < 4.78 is 5.48. The number of nitrogens with one attached hydrogen (secondary N) is 2. The van der Waals surface area contributed by atoms with Crippen LogP contribution < -0.4 is 10.1 Å². The molecule has 2 N–H and O–H groups in total. The number of nitrogens with zero attached hydrogens (tertiary/aromatic N) is 1. The number of fused-ring (bicyclic) bond motifs is 1. The molecule has 1 aliphatic rings. The van der Waals surface area contributed by atoms with E-state index in [0.29, 0.717) is 12.3 Å². The Morgan fingerprint density at radius 2 is 2.09 bits per heavy atom. The molecule has 0 fully saturated rings. The predicted octanol–water partition coefficient (Wildman–Crippen LogP) is 3.37. The van der Waals surface area contributed by atoms with Crippen molar-refractivity contribution in [3.63, 3.8) is 0 Å². The van der Waals surface area contributed by atoms with E-state index in [-0.39, 0.29) is 11.9 Å². The van der Waals surface area contributed by atoms with Gasteiger partial charge in [-0.15, -0.1) is 11.3 Å². The highest BCUT2D eigenvalue weighted by molar-refractivity contribution is 7.13. The van der Waals surface area contributed by atoms with Crippen LogP contribution in [0.5, 0.6) is 5.75 Å². The topological polar surface area (TPSA) is 67.0 Å². The summed E-state index contributed by atoms with van der Waals surface area (Å²) in [5, 5.41) is 12.2. The Morgan fingerprint density at radius 1 is 1.26 bits per heavy atom. The number of carbonyl (C=O) groups is 1. The van der Waals surface area contributed by atoms with Crippen LogP contribution in [0.4, 0.5) is 0 Å². The van der Waals surface area contributed by atoms with Crippen LogP contribution in [0.3, 0.4) is 0 Å². The summed E-state index contributed by atoms with van der Waals surface area (Å²) in [6, 6.07) is 11.6. The fourth-order valence-electron chi connectivity index (χ4n) is 2.86. The lowest BCUT2D eigenvalue weighted by atomic mass is 9.99. The van der Waals surface area contributed by atoms with Crippen molar-refractivity contribution >= 4 is 17.2 Å². The van der Waals surface area contributed by atoms with Crippen LogP contribution in [0, 0.1) is 0 Å². The predicted molar refractivity (Wildman–Crippen MR) is 88.8 cm³/mol. The second-order valence-electron chi connectivity index (χ2n) is 5.25. The van der Waals surface area contributed by atoms with Crippen LogP contribution in [0.15, 0.2) is 41.8 Å². The lowest BCUT2D eigenvalue weighted by Crippen LogP contribution is -2.21. The molecule has 23 heavy (non-hydrogen) atoms. The summed E-state index contributed by atoms with van der Waals surface area (Å²) in [6.45, 7) is 2.59. The Balaban J connectivity index is 1.76. The van der Waals surface area contributed by atoms with Gasteiger partial charge in [0.15, 0.2) is 5.69 Å². The van der Waals surface area contributed by atoms with Gasteiger partial charge in [-0.2, -0.15) is 5.10 Å². The van der Waals surface area contributed by atoms with E-state index in [1.165, 1.54) is 0 Å². The summed E-state index contributed by atoms with van der Waals surface area (Å²) in [5.74, 6) is 0.685. The van der Waals surface area contributed by atoms with Gasteiger partial charge in [0.25, 0.3) is 5.91 Å². The van der Waals surface area contributed by atoms with Gasteiger partial charge in [0, 0.05) is 5.56 Å². The second-order valence-corrected chi connectivity index (χ2v) is 6.19. The molecular weight excluding hydrogens is 310 g/mol. The molecule has 0 saturated heterocycles. The highest BCUT2D eigenvalue weighted by Gasteiger charge is 2.35. The molecule has 1 aliphatic heterocycles. The molecule has 1 atom stereocenters. The van der Waals surface area contributed by atoms with Crippen LogP contribution >= 0.6 is 11.3 Å². The van der Waals surface area contributed by atoms with Gasteiger partial charge in [0.2, 0.25) is 0 Å². The minimum absolute atomic E-state index is 0.141. The molecule has 0 unspecified atom stereocenters. The molecule has 1 aromatic carbocycles. The number of hydrogen-bond donors (Lipinski definition) is 2. The van der Waals surface area contributed by atoms with E-state index < -0.39 is 0 Å². The number of aromatic amines is 1. The van der Waals surface area contributed by atoms with Crippen molar-refractivity contribution in [2.75, 3.05) is 6.61 Å². The van der Waals surface area contributed by atoms with E-state index in [2.05, 4.69) is 15.5 Å². The average Bonchev–Trinajstić information content (AvgIpc) is 3.27. The molecule has 0 radical (unpaired) electrons. The Hall–Kier alpha value is -2.60. The van der Waals surface area contributed by atoms with Crippen molar-refractivity contribution in [2.24, 2.45) is 0 Å². The van der Waals surface area contributed by atoms with Gasteiger partial charge >= 0.3 is 0 Å². The van der Waals surface area contributed by atoms with E-state index in [9.17, 15) is 4.79 Å². The molecule has 0 aliphatic carbocycles. The second kappa shape index (κ2) is 5.55. The first-order chi connectivity index (χ1) is 11.3.